The molecule has 0 spiro atoms. The second-order valence-electron chi connectivity index (χ2n) is 6.72. The standard InChI is InChI=1S/C22H21N3O2/c23-22(26)18-7-10-21(24-13-18)27-20-8-5-16(6-9-20)14-25-12-11-17-3-1-2-4-19(17)15-25/h1-10,13H,11-12,14-15H2,(H2,23,26). The quantitative estimate of drug-likeness (QED) is 0.757. The Morgan fingerprint density at radius 2 is 1.81 bits per heavy atom. The number of amides is 1. The summed E-state index contributed by atoms with van der Waals surface area (Å²) in [5.74, 6) is 0.640. The fourth-order valence-corrected chi connectivity index (χ4v) is 3.32. The summed E-state index contributed by atoms with van der Waals surface area (Å²) in [4.78, 5) is 17.6. The number of hydrogen-bond acceptors (Lipinski definition) is 4. The second-order valence-corrected chi connectivity index (χ2v) is 6.72. The van der Waals surface area contributed by atoms with Gasteiger partial charge in [-0.2, -0.15) is 0 Å². The van der Waals surface area contributed by atoms with E-state index in [-0.39, 0.29) is 0 Å². The fraction of sp³-hybridized carbons (Fsp3) is 0.182. The number of carbonyl (C=O) groups is 1. The number of nitrogens with two attached hydrogens (primary N) is 1. The second kappa shape index (κ2) is 7.60. The molecule has 0 radical (unpaired) electrons. The number of hydrogen-bond donors (Lipinski definition) is 1. The van der Waals surface area contributed by atoms with E-state index in [2.05, 4.69) is 46.3 Å². The molecule has 3 aromatic rings. The third-order valence-electron chi connectivity index (χ3n) is 4.78. The summed E-state index contributed by atoms with van der Waals surface area (Å²) >= 11 is 0. The lowest BCUT2D eigenvalue weighted by Crippen LogP contribution is -2.29. The SMILES string of the molecule is NC(=O)c1ccc(Oc2ccc(CN3CCc4ccccc4C3)cc2)nc1. The van der Waals surface area contributed by atoms with Gasteiger partial charge in [-0.15, -0.1) is 0 Å². The van der Waals surface area contributed by atoms with Crippen molar-refractivity contribution in [1.82, 2.24) is 9.88 Å². The molecule has 0 aliphatic carbocycles. The highest BCUT2D eigenvalue weighted by Crippen LogP contribution is 2.23. The lowest BCUT2D eigenvalue weighted by molar-refractivity contribution is 0.1000. The number of nitrogens with zero attached hydrogens (tertiary/aromatic N) is 2. The van der Waals surface area contributed by atoms with E-state index in [0.717, 1.165) is 26.1 Å². The van der Waals surface area contributed by atoms with E-state index in [9.17, 15) is 4.79 Å². The summed E-state index contributed by atoms with van der Waals surface area (Å²) in [6.45, 7) is 2.98. The Hall–Kier alpha value is -3.18. The zero-order chi connectivity index (χ0) is 18.6. The van der Waals surface area contributed by atoms with E-state index in [4.69, 9.17) is 10.5 Å². The van der Waals surface area contributed by atoms with Gasteiger partial charge in [0.15, 0.2) is 0 Å². The topological polar surface area (TPSA) is 68.5 Å². The van der Waals surface area contributed by atoms with Gasteiger partial charge in [-0.3, -0.25) is 9.69 Å². The van der Waals surface area contributed by atoms with E-state index in [0.29, 0.717) is 17.2 Å². The average molecular weight is 359 g/mol. The number of carbonyl (C=O) groups excluding carboxylic acids is 1. The Morgan fingerprint density at radius 1 is 1.04 bits per heavy atom. The number of aromatic nitrogens is 1. The van der Waals surface area contributed by atoms with Gasteiger partial charge in [0, 0.05) is 31.9 Å². The zero-order valence-corrected chi connectivity index (χ0v) is 15.0. The van der Waals surface area contributed by atoms with Crippen LogP contribution in [0.3, 0.4) is 0 Å². The number of pyridine rings is 1. The Bertz CT molecular complexity index is 937. The van der Waals surface area contributed by atoms with Crippen LogP contribution in [0, 0.1) is 0 Å². The summed E-state index contributed by atoms with van der Waals surface area (Å²) in [7, 11) is 0. The molecule has 5 heteroatoms. The molecular weight excluding hydrogens is 338 g/mol. The first-order chi connectivity index (χ1) is 13.2. The molecule has 0 saturated carbocycles. The van der Waals surface area contributed by atoms with Crippen LogP contribution < -0.4 is 10.5 Å². The first kappa shape index (κ1) is 17.2. The highest BCUT2D eigenvalue weighted by atomic mass is 16.5. The lowest BCUT2D eigenvalue weighted by atomic mass is 9.99. The number of primary amides is 1. The molecule has 5 nitrogen and oxygen atoms in total. The molecule has 27 heavy (non-hydrogen) atoms. The molecule has 0 unspecified atom stereocenters. The summed E-state index contributed by atoms with van der Waals surface area (Å²) in [6, 6.07) is 19.9. The fourth-order valence-electron chi connectivity index (χ4n) is 3.32. The highest BCUT2D eigenvalue weighted by molar-refractivity contribution is 5.92. The number of ether oxygens (including phenoxy) is 1. The largest absolute Gasteiger partial charge is 0.439 e. The molecule has 4 rings (SSSR count). The maximum absolute atomic E-state index is 11.1. The van der Waals surface area contributed by atoms with E-state index < -0.39 is 5.91 Å². The Kier molecular flexibility index (Phi) is 4.85. The molecule has 136 valence electrons. The van der Waals surface area contributed by atoms with Crippen molar-refractivity contribution < 1.29 is 9.53 Å². The minimum Gasteiger partial charge on any atom is -0.439 e. The van der Waals surface area contributed by atoms with Crippen molar-refractivity contribution >= 4 is 5.91 Å². The Balaban J connectivity index is 1.37. The first-order valence-corrected chi connectivity index (χ1v) is 8.99. The third kappa shape index (κ3) is 4.15. The molecule has 1 aromatic heterocycles. The van der Waals surface area contributed by atoms with Crippen LogP contribution in [-0.2, 0) is 19.5 Å². The zero-order valence-electron chi connectivity index (χ0n) is 15.0. The van der Waals surface area contributed by atoms with Gasteiger partial charge in [0.05, 0.1) is 5.56 Å². The van der Waals surface area contributed by atoms with Crippen molar-refractivity contribution in [2.45, 2.75) is 19.5 Å². The van der Waals surface area contributed by atoms with E-state index in [1.165, 1.54) is 22.9 Å². The smallest absolute Gasteiger partial charge is 0.250 e. The third-order valence-corrected chi connectivity index (χ3v) is 4.78. The van der Waals surface area contributed by atoms with E-state index in [1.54, 1.807) is 12.1 Å². The molecule has 1 amide bonds. The van der Waals surface area contributed by atoms with Crippen LogP contribution in [-0.4, -0.2) is 22.3 Å². The van der Waals surface area contributed by atoms with Crippen molar-refractivity contribution in [3.63, 3.8) is 0 Å². The summed E-state index contributed by atoms with van der Waals surface area (Å²) < 4.78 is 5.73. The monoisotopic (exact) mass is 359 g/mol. The Labute approximate surface area is 158 Å². The van der Waals surface area contributed by atoms with Gasteiger partial charge in [-0.05, 0) is 41.3 Å². The van der Waals surface area contributed by atoms with Crippen LogP contribution in [0.5, 0.6) is 11.6 Å². The minimum absolute atomic E-state index is 0.362. The Morgan fingerprint density at radius 3 is 2.52 bits per heavy atom. The lowest BCUT2D eigenvalue weighted by Gasteiger charge is -2.28. The van der Waals surface area contributed by atoms with Crippen molar-refractivity contribution in [2.75, 3.05) is 6.54 Å². The molecule has 0 fully saturated rings. The van der Waals surface area contributed by atoms with Gasteiger partial charge in [0.2, 0.25) is 11.8 Å². The van der Waals surface area contributed by atoms with Crippen molar-refractivity contribution in [3.8, 4) is 11.6 Å². The first-order valence-electron chi connectivity index (χ1n) is 8.99. The van der Waals surface area contributed by atoms with Crippen LogP contribution >= 0.6 is 0 Å². The predicted octanol–water partition coefficient (Wildman–Crippen LogP) is 3.53. The predicted molar refractivity (Wildman–Crippen MR) is 104 cm³/mol. The molecule has 2 aromatic carbocycles. The van der Waals surface area contributed by atoms with Crippen molar-refractivity contribution in [1.29, 1.82) is 0 Å². The normalized spacial score (nSPS) is 13.8. The molecule has 2 N–H and O–H groups in total. The highest BCUT2D eigenvalue weighted by Gasteiger charge is 2.15. The van der Waals surface area contributed by atoms with Gasteiger partial charge in [0.25, 0.3) is 0 Å². The molecule has 0 saturated heterocycles. The van der Waals surface area contributed by atoms with Gasteiger partial charge >= 0.3 is 0 Å². The summed E-state index contributed by atoms with van der Waals surface area (Å²) in [5, 5.41) is 0. The van der Waals surface area contributed by atoms with Crippen LogP contribution in [0.15, 0.2) is 66.9 Å². The van der Waals surface area contributed by atoms with Crippen molar-refractivity contribution in [3.05, 3.63) is 89.1 Å². The molecule has 0 bridgehead atoms. The van der Waals surface area contributed by atoms with Gasteiger partial charge in [-0.25, -0.2) is 4.98 Å². The van der Waals surface area contributed by atoms with Crippen LogP contribution in [0.1, 0.15) is 27.0 Å². The van der Waals surface area contributed by atoms with Crippen LogP contribution in [0.25, 0.3) is 0 Å². The average Bonchev–Trinajstić information content (AvgIpc) is 2.70. The molecule has 2 heterocycles. The van der Waals surface area contributed by atoms with Gasteiger partial charge < -0.3 is 10.5 Å². The molecular formula is C22H21N3O2. The van der Waals surface area contributed by atoms with E-state index >= 15 is 0 Å². The molecule has 1 aliphatic heterocycles. The maximum atomic E-state index is 11.1. The van der Waals surface area contributed by atoms with Crippen LogP contribution in [0.4, 0.5) is 0 Å². The van der Waals surface area contributed by atoms with Gasteiger partial charge in [-0.1, -0.05) is 36.4 Å². The van der Waals surface area contributed by atoms with Crippen LogP contribution in [0.2, 0.25) is 0 Å². The van der Waals surface area contributed by atoms with E-state index in [1.807, 2.05) is 12.1 Å². The summed E-state index contributed by atoms with van der Waals surface area (Å²) in [6.07, 6.45) is 2.52. The number of benzene rings is 2. The van der Waals surface area contributed by atoms with Gasteiger partial charge in [0.1, 0.15) is 5.75 Å². The molecule has 1 aliphatic rings. The maximum Gasteiger partial charge on any atom is 0.250 e. The van der Waals surface area contributed by atoms with Crippen molar-refractivity contribution in [2.24, 2.45) is 5.73 Å². The minimum atomic E-state index is -0.501. The molecule has 0 atom stereocenters. The summed E-state index contributed by atoms with van der Waals surface area (Å²) in [5.41, 5.74) is 9.71. The number of rotatable bonds is 5. The number of fused-ring (bicyclic) bond motifs is 1.